The third kappa shape index (κ3) is 2.42. The van der Waals surface area contributed by atoms with Gasteiger partial charge in [-0.15, -0.1) is 22.7 Å². The highest BCUT2D eigenvalue weighted by Crippen LogP contribution is 2.31. The predicted octanol–water partition coefficient (Wildman–Crippen LogP) is 3.18. The first-order valence-corrected chi connectivity index (χ1v) is 8.26. The van der Waals surface area contributed by atoms with E-state index in [4.69, 9.17) is 0 Å². The fourth-order valence-corrected chi connectivity index (χ4v) is 4.56. The molecule has 0 aliphatic carbocycles. The summed E-state index contributed by atoms with van der Waals surface area (Å²) in [6.45, 7) is 3.93. The van der Waals surface area contributed by atoms with Gasteiger partial charge < -0.3 is 10.2 Å². The zero-order chi connectivity index (χ0) is 13.5. The number of fused-ring (bicyclic) bond motifs is 1. The van der Waals surface area contributed by atoms with Crippen LogP contribution in [0.2, 0.25) is 0 Å². The smallest absolute Gasteiger partial charge is 0.263 e. The maximum Gasteiger partial charge on any atom is 0.263 e. The molecular weight excluding hydrogens is 276 g/mol. The number of likely N-dealkylation sites (tertiary alicyclic amines) is 1. The minimum atomic E-state index is 0.187. The normalized spacial score (nSPS) is 18.9. The van der Waals surface area contributed by atoms with Crippen LogP contribution in [0.4, 0.5) is 0 Å². The molecule has 2 aromatic rings. The summed E-state index contributed by atoms with van der Waals surface area (Å²) in [6, 6.07) is 4.13. The number of hydrogen-bond acceptors (Lipinski definition) is 4. The van der Waals surface area contributed by atoms with Crippen LogP contribution in [0.3, 0.4) is 0 Å². The van der Waals surface area contributed by atoms with Gasteiger partial charge in [-0.05, 0) is 44.3 Å². The molecule has 102 valence electrons. The molecule has 5 heteroatoms. The van der Waals surface area contributed by atoms with Crippen molar-refractivity contribution >= 4 is 38.0 Å². The van der Waals surface area contributed by atoms with Gasteiger partial charge in [0, 0.05) is 28.0 Å². The molecule has 0 aromatic carbocycles. The van der Waals surface area contributed by atoms with E-state index in [2.05, 4.69) is 23.7 Å². The molecule has 0 spiro atoms. The van der Waals surface area contributed by atoms with Crippen LogP contribution >= 0.6 is 22.7 Å². The van der Waals surface area contributed by atoms with Gasteiger partial charge in [-0.1, -0.05) is 0 Å². The van der Waals surface area contributed by atoms with Crippen molar-refractivity contribution in [3.8, 4) is 0 Å². The molecule has 0 bridgehead atoms. The van der Waals surface area contributed by atoms with Crippen LogP contribution < -0.4 is 5.32 Å². The van der Waals surface area contributed by atoms with E-state index >= 15 is 0 Å². The van der Waals surface area contributed by atoms with Gasteiger partial charge in [0.2, 0.25) is 0 Å². The van der Waals surface area contributed by atoms with Gasteiger partial charge in [0.05, 0.1) is 4.88 Å². The van der Waals surface area contributed by atoms with E-state index < -0.39 is 0 Å². The summed E-state index contributed by atoms with van der Waals surface area (Å²) in [5.74, 6) is 0.201. The van der Waals surface area contributed by atoms with E-state index in [1.165, 1.54) is 9.40 Å². The van der Waals surface area contributed by atoms with Gasteiger partial charge in [0.1, 0.15) is 0 Å². The summed E-state index contributed by atoms with van der Waals surface area (Å²) in [4.78, 5) is 15.4. The summed E-state index contributed by atoms with van der Waals surface area (Å²) in [5, 5.41) is 5.44. The number of carbonyl (C=O) groups is 1. The van der Waals surface area contributed by atoms with Crippen LogP contribution in [0.1, 0.15) is 29.4 Å². The van der Waals surface area contributed by atoms with Gasteiger partial charge in [0.25, 0.3) is 5.91 Å². The van der Waals surface area contributed by atoms with Crippen molar-refractivity contribution in [2.24, 2.45) is 0 Å². The molecule has 1 fully saturated rings. The summed E-state index contributed by atoms with van der Waals surface area (Å²) in [6.07, 6.45) is 2.05. The number of hydrogen-bond donors (Lipinski definition) is 1. The summed E-state index contributed by atoms with van der Waals surface area (Å²) in [7, 11) is 2.00. The highest BCUT2D eigenvalue weighted by Gasteiger charge is 2.31. The van der Waals surface area contributed by atoms with Gasteiger partial charge in [-0.3, -0.25) is 4.79 Å². The van der Waals surface area contributed by atoms with Gasteiger partial charge >= 0.3 is 0 Å². The van der Waals surface area contributed by atoms with Crippen molar-refractivity contribution in [2.45, 2.75) is 25.3 Å². The Labute approximate surface area is 121 Å². The minimum absolute atomic E-state index is 0.187. The zero-order valence-corrected chi connectivity index (χ0v) is 12.9. The highest BCUT2D eigenvalue weighted by atomic mass is 32.1. The lowest BCUT2D eigenvalue weighted by Gasteiger charge is -2.39. The first-order chi connectivity index (χ1) is 9.11. The van der Waals surface area contributed by atoms with E-state index in [0.29, 0.717) is 0 Å². The molecule has 1 aliphatic heterocycles. The standard InChI is InChI=1S/C14H18N2OS2/c1-14(15-2)4-6-16(7-5-14)13(17)12-9-11-10(19-12)3-8-18-11/h3,8-9,15H,4-7H2,1-2H3. The van der Waals surface area contributed by atoms with Crippen LogP contribution in [0.5, 0.6) is 0 Å². The Morgan fingerprint density at radius 1 is 1.37 bits per heavy atom. The lowest BCUT2D eigenvalue weighted by atomic mass is 9.90. The Hall–Kier alpha value is -0.910. The molecule has 0 atom stereocenters. The van der Waals surface area contributed by atoms with Crippen LogP contribution in [-0.4, -0.2) is 36.5 Å². The fraction of sp³-hybridized carbons (Fsp3) is 0.500. The molecule has 3 heterocycles. The maximum atomic E-state index is 12.5. The highest BCUT2D eigenvalue weighted by molar-refractivity contribution is 7.27. The van der Waals surface area contributed by atoms with Crippen LogP contribution in [-0.2, 0) is 0 Å². The second-order valence-electron chi connectivity index (χ2n) is 5.36. The molecule has 3 nitrogen and oxygen atoms in total. The number of piperidine rings is 1. The second kappa shape index (κ2) is 4.89. The Bertz CT molecular complexity index is 565. The monoisotopic (exact) mass is 294 g/mol. The number of nitrogens with zero attached hydrogens (tertiary/aromatic N) is 1. The third-order valence-electron chi connectivity index (χ3n) is 4.11. The van der Waals surface area contributed by atoms with Gasteiger partial charge in [0.15, 0.2) is 0 Å². The molecule has 0 unspecified atom stereocenters. The summed E-state index contributed by atoms with van der Waals surface area (Å²) < 4.78 is 2.45. The molecule has 1 saturated heterocycles. The molecule has 3 rings (SSSR count). The van der Waals surface area contributed by atoms with E-state index in [1.807, 2.05) is 18.0 Å². The summed E-state index contributed by atoms with van der Waals surface area (Å²) >= 11 is 3.32. The van der Waals surface area contributed by atoms with Crippen molar-refractivity contribution in [2.75, 3.05) is 20.1 Å². The molecule has 1 amide bonds. The number of carbonyl (C=O) groups excluding carboxylic acids is 1. The SMILES string of the molecule is CNC1(C)CCN(C(=O)c2cc3sccc3s2)CC1. The lowest BCUT2D eigenvalue weighted by molar-refractivity contribution is 0.0667. The molecule has 19 heavy (non-hydrogen) atoms. The second-order valence-corrected chi connectivity index (χ2v) is 7.39. The largest absolute Gasteiger partial charge is 0.338 e. The molecular formula is C14H18N2OS2. The average molecular weight is 294 g/mol. The third-order valence-corrected chi connectivity index (χ3v) is 6.19. The van der Waals surface area contributed by atoms with Crippen LogP contribution in [0.15, 0.2) is 17.5 Å². The Morgan fingerprint density at radius 3 is 2.74 bits per heavy atom. The number of thiophene rings is 2. The number of nitrogens with one attached hydrogen (secondary N) is 1. The minimum Gasteiger partial charge on any atom is -0.338 e. The molecule has 1 N–H and O–H groups in total. The first-order valence-electron chi connectivity index (χ1n) is 6.56. The Kier molecular flexibility index (Phi) is 3.37. The number of amides is 1. The van der Waals surface area contributed by atoms with Gasteiger partial charge in [-0.2, -0.15) is 0 Å². The van der Waals surface area contributed by atoms with Crippen molar-refractivity contribution < 1.29 is 4.79 Å². The van der Waals surface area contributed by atoms with Crippen molar-refractivity contribution in [1.29, 1.82) is 0 Å². The Morgan fingerprint density at radius 2 is 2.11 bits per heavy atom. The van der Waals surface area contributed by atoms with E-state index in [1.54, 1.807) is 22.7 Å². The van der Waals surface area contributed by atoms with Crippen LogP contribution in [0.25, 0.3) is 9.40 Å². The quantitative estimate of drug-likeness (QED) is 0.922. The lowest BCUT2D eigenvalue weighted by Crippen LogP contribution is -2.51. The van der Waals surface area contributed by atoms with Crippen molar-refractivity contribution in [3.63, 3.8) is 0 Å². The fourth-order valence-electron chi connectivity index (χ4n) is 2.48. The van der Waals surface area contributed by atoms with Crippen molar-refractivity contribution in [3.05, 3.63) is 22.4 Å². The predicted molar refractivity (Wildman–Crippen MR) is 82.3 cm³/mol. The molecule has 0 radical (unpaired) electrons. The molecule has 0 saturated carbocycles. The Balaban J connectivity index is 1.73. The van der Waals surface area contributed by atoms with E-state index in [9.17, 15) is 4.79 Å². The van der Waals surface area contributed by atoms with Crippen molar-refractivity contribution in [1.82, 2.24) is 10.2 Å². The topological polar surface area (TPSA) is 32.3 Å². The van der Waals surface area contributed by atoms with E-state index in [-0.39, 0.29) is 11.4 Å². The zero-order valence-electron chi connectivity index (χ0n) is 11.2. The average Bonchev–Trinajstić information content (AvgIpc) is 2.99. The van der Waals surface area contributed by atoms with E-state index in [0.717, 1.165) is 30.8 Å². The first kappa shape index (κ1) is 13.1. The van der Waals surface area contributed by atoms with Crippen LogP contribution in [0, 0.1) is 0 Å². The summed E-state index contributed by atoms with van der Waals surface area (Å²) in [5.41, 5.74) is 0.187. The number of rotatable bonds is 2. The van der Waals surface area contributed by atoms with Gasteiger partial charge in [-0.25, -0.2) is 0 Å². The molecule has 2 aromatic heterocycles. The maximum absolute atomic E-state index is 12.5. The molecule has 1 aliphatic rings.